The van der Waals surface area contributed by atoms with Crippen LogP contribution in [0, 0.1) is 5.92 Å². The minimum atomic E-state index is -0.364. The van der Waals surface area contributed by atoms with E-state index in [0.29, 0.717) is 34.6 Å². The number of H-pyrrole nitrogens is 1. The SMILES string of the molecule is CN(CCC1CCCN(C(=O)OCc2cc(Cl)cc(Cl)c2)C1)C(=O)c1c[nH]c(=O)s1. The van der Waals surface area contributed by atoms with Crippen LogP contribution in [0.2, 0.25) is 10.0 Å². The predicted octanol–water partition coefficient (Wildman–Crippen LogP) is 4.25. The van der Waals surface area contributed by atoms with Crippen LogP contribution in [0.3, 0.4) is 0 Å². The van der Waals surface area contributed by atoms with E-state index < -0.39 is 0 Å². The second-order valence-corrected chi connectivity index (χ2v) is 9.23. The van der Waals surface area contributed by atoms with Gasteiger partial charge in [-0.2, -0.15) is 0 Å². The van der Waals surface area contributed by atoms with E-state index in [1.54, 1.807) is 35.0 Å². The molecule has 2 amide bonds. The van der Waals surface area contributed by atoms with Crippen LogP contribution < -0.4 is 4.87 Å². The number of aromatic amines is 1. The highest BCUT2D eigenvalue weighted by Gasteiger charge is 2.25. The summed E-state index contributed by atoms with van der Waals surface area (Å²) in [6.07, 6.45) is 3.73. The molecule has 1 aromatic heterocycles. The molecule has 0 saturated carbocycles. The summed E-state index contributed by atoms with van der Waals surface area (Å²) in [4.78, 5) is 42.0. The molecule has 0 bridgehead atoms. The lowest BCUT2D eigenvalue weighted by Gasteiger charge is -2.32. The molecular weight excluding hydrogens is 449 g/mol. The van der Waals surface area contributed by atoms with Crippen LogP contribution >= 0.6 is 34.5 Å². The van der Waals surface area contributed by atoms with Crippen molar-refractivity contribution >= 4 is 46.5 Å². The lowest BCUT2D eigenvalue weighted by atomic mass is 9.95. The molecule has 2 aromatic rings. The number of carbonyl (C=O) groups is 2. The standard InChI is InChI=1S/C20H23Cl2N3O4S/c1-24(18(26)17-10-23-19(27)30-17)6-4-13-3-2-5-25(11-13)20(28)29-12-14-7-15(21)9-16(22)8-14/h7-10,13H,2-6,11-12H2,1H3,(H,23,27). The first-order valence-electron chi connectivity index (χ1n) is 9.62. The fourth-order valence-electron chi connectivity index (χ4n) is 3.45. The van der Waals surface area contributed by atoms with Crippen LogP contribution in [-0.2, 0) is 11.3 Å². The molecule has 30 heavy (non-hydrogen) atoms. The Balaban J connectivity index is 1.46. The molecule has 2 heterocycles. The maximum absolute atomic E-state index is 12.5. The van der Waals surface area contributed by atoms with E-state index in [4.69, 9.17) is 27.9 Å². The van der Waals surface area contributed by atoms with Crippen LogP contribution in [-0.4, -0.2) is 53.5 Å². The van der Waals surface area contributed by atoms with Gasteiger partial charge >= 0.3 is 11.0 Å². The summed E-state index contributed by atoms with van der Waals surface area (Å²) < 4.78 is 5.42. The Kier molecular flexibility index (Phi) is 7.80. The summed E-state index contributed by atoms with van der Waals surface area (Å²) in [5.74, 6) is 0.109. The van der Waals surface area contributed by atoms with Gasteiger partial charge in [-0.1, -0.05) is 34.5 Å². The molecule has 7 nitrogen and oxygen atoms in total. The molecule has 1 atom stereocenters. The van der Waals surface area contributed by atoms with Gasteiger partial charge < -0.3 is 19.5 Å². The second kappa shape index (κ2) is 10.3. The first kappa shape index (κ1) is 22.7. The Morgan fingerprint density at radius 1 is 1.30 bits per heavy atom. The van der Waals surface area contributed by atoms with Gasteiger partial charge in [0.25, 0.3) is 5.91 Å². The van der Waals surface area contributed by atoms with Gasteiger partial charge in [0.1, 0.15) is 11.5 Å². The Morgan fingerprint density at radius 3 is 2.70 bits per heavy atom. The number of amides is 2. The second-order valence-electron chi connectivity index (χ2n) is 7.34. The van der Waals surface area contributed by atoms with Gasteiger partial charge in [0.05, 0.1) is 0 Å². The number of carbonyl (C=O) groups excluding carboxylic acids is 2. The summed E-state index contributed by atoms with van der Waals surface area (Å²) in [5, 5.41) is 0.995. The van der Waals surface area contributed by atoms with Crippen molar-refractivity contribution in [1.82, 2.24) is 14.8 Å². The fourth-order valence-corrected chi connectivity index (χ4v) is 4.70. The van der Waals surface area contributed by atoms with Crippen molar-refractivity contribution in [3.8, 4) is 0 Å². The summed E-state index contributed by atoms with van der Waals surface area (Å²) in [5.41, 5.74) is 0.738. The third-order valence-electron chi connectivity index (χ3n) is 5.02. The van der Waals surface area contributed by atoms with Gasteiger partial charge in [0.2, 0.25) is 0 Å². The average Bonchev–Trinajstić information content (AvgIpc) is 3.15. The molecule has 1 fully saturated rings. The van der Waals surface area contributed by atoms with E-state index in [9.17, 15) is 14.4 Å². The average molecular weight is 472 g/mol. The smallest absolute Gasteiger partial charge is 0.410 e. The molecule has 3 rings (SSSR count). The molecule has 1 saturated heterocycles. The molecule has 1 aliphatic rings. The molecule has 1 aliphatic heterocycles. The molecule has 1 N–H and O–H groups in total. The number of hydrogen-bond donors (Lipinski definition) is 1. The van der Waals surface area contributed by atoms with E-state index in [1.165, 1.54) is 6.20 Å². The topological polar surface area (TPSA) is 82.7 Å². The van der Waals surface area contributed by atoms with Crippen molar-refractivity contribution in [1.29, 1.82) is 0 Å². The van der Waals surface area contributed by atoms with Crippen LogP contribution in [0.25, 0.3) is 0 Å². The number of thiazole rings is 1. The quantitative estimate of drug-likeness (QED) is 0.682. The van der Waals surface area contributed by atoms with Gasteiger partial charge in [-0.3, -0.25) is 9.59 Å². The zero-order chi connectivity index (χ0) is 21.7. The molecular formula is C20H23Cl2N3O4S. The monoisotopic (exact) mass is 471 g/mol. The predicted molar refractivity (Wildman–Crippen MR) is 117 cm³/mol. The number of aromatic nitrogens is 1. The lowest BCUT2D eigenvalue weighted by Crippen LogP contribution is -2.41. The lowest BCUT2D eigenvalue weighted by molar-refractivity contribution is 0.0711. The number of hydrogen-bond acceptors (Lipinski definition) is 5. The zero-order valence-electron chi connectivity index (χ0n) is 16.5. The van der Waals surface area contributed by atoms with Crippen LogP contribution in [0.5, 0.6) is 0 Å². The number of ether oxygens (including phenoxy) is 1. The molecule has 0 aliphatic carbocycles. The molecule has 162 valence electrons. The van der Waals surface area contributed by atoms with Crippen molar-refractivity contribution in [3.63, 3.8) is 0 Å². The molecule has 0 radical (unpaired) electrons. The number of likely N-dealkylation sites (tertiary alicyclic amines) is 1. The highest BCUT2D eigenvalue weighted by Crippen LogP contribution is 2.23. The highest BCUT2D eigenvalue weighted by atomic mass is 35.5. The number of halogens is 2. The maximum Gasteiger partial charge on any atom is 0.410 e. The van der Waals surface area contributed by atoms with E-state index in [0.717, 1.165) is 36.2 Å². The van der Waals surface area contributed by atoms with Gasteiger partial charge in [0, 0.05) is 42.9 Å². The Hall–Kier alpha value is -2.03. The van der Waals surface area contributed by atoms with E-state index in [1.807, 2.05) is 0 Å². The number of piperidine rings is 1. The minimum Gasteiger partial charge on any atom is -0.445 e. The fraction of sp³-hybridized carbons (Fsp3) is 0.450. The van der Waals surface area contributed by atoms with Gasteiger partial charge in [-0.15, -0.1) is 0 Å². The summed E-state index contributed by atoms with van der Waals surface area (Å²) in [6.45, 7) is 1.91. The van der Waals surface area contributed by atoms with E-state index in [-0.39, 0.29) is 29.4 Å². The van der Waals surface area contributed by atoms with Gasteiger partial charge in [0.15, 0.2) is 0 Å². The molecule has 10 heteroatoms. The summed E-state index contributed by atoms with van der Waals surface area (Å²) >= 11 is 12.9. The minimum absolute atomic E-state index is 0.108. The Morgan fingerprint density at radius 2 is 2.03 bits per heavy atom. The Bertz CT molecular complexity index is 941. The van der Waals surface area contributed by atoms with Crippen molar-refractivity contribution in [2.45, 2.75) is 25.9 Å². The van der Waals surface area contributed by atoms with E-state index in [2.05, 4.69) is 4.98 Å². The van der Waals surface area contributed by atoms with Crippen molar-refractivity contribution in [2.75, 3.05) is 26.7 Å². The maximum atomic E-state index is 12.5. The van der Waals surface area contributed by atoms with Crippen molar-refractivity contribution in [3.05, 3.63) is 54.5 Å². The van der Waals surface area contributed by atoms with E-state index >= 15 is 0 Å². The van der Waals surface area contributed by atoms with Crippen LogP contribution in [0.1, 0.15) is 34.5 Å². The largest absolute Gasteiger partial charge is 0.445 e. The molecule has 1 unspecified atom stereocenters. The van der Waals surface area contributed by atoms with Gasteiger partial charge in [-0.25, -0.2) is 4.79 Å². The highest BCUT2D eigenvalue weighted by molar-refractivity contribution is 7.11. The third-order valence-corrected chi connectivity index (χ3v) is 6.27. The normalized spacial score (nSPS) is 16.4. The summed E-state index contributed by atoms with van der Waals surface area (Å²) in [7, 11) is 1.72. The first-order valence-corrected chi connectivity index (χ1v) is 11.2. The third kappa shape index (κ3) is 6.23. The number of nitrogens with zero attached hydrogens (tertiary/aromatic N) is 2. The molecule has 0 spiro atoms. The van der Waals surface area contributed by atoms with Crippen LogP contribution in [0.4, 0.5) is 4.79 Å². The Labute approximate surface area is 188 Å². The van der Waals surface area contributed by atoms with Crippen LogP contribution in [0.15, 0.2) is 29.2 Å². The van der Waals surface area contributed by atoms with Crippen molar-refractivity contribution in [2.24, 2.45) is 5.92 Å². The zero-order valence-corrected chi connectivity index (χ0v) is 18.9. The number of nitrogens with one attached hydrogen (secondary N) is 1. The molecule has 1 aromatic carbocycles. The number of rotatable bonds is 6. The first-order chi connectivity index (χ1) is 14.3. The van der Waals surface area contributed by atoms with Crippen molar-refractivity contribution < 1.29 is 14.3 Å². The number of benzene rings is 1. The summed E-state index contributed by atoms with van der Waals surface area (Å²) in [6, 6.07) is 5.06. The van der Waals surface area contributed by atoms with Gasteiger partial charge in [-0.05, 0) is 48.9 Å².